The first-order valence-corrected chi connectivity index (χ1v) is 10.2. The summed E-state index contributed by atoms with van der Waals surface area (Å²) in [6.45, 7) is 3.77. The van der Waals surface area contributed by atoms with Crippen molar-refractivity contribution < 1.29 is 4.79 Å². The molecule has 4 rings (SSSR count). The Morgan fingerprint density at radius 2 is 1.85 bits per heavy atom. The minimum Gasteiger partial charge on any atom is -0.337 e. The molecule has 2 aliphatic rings. The van der Waals surface area contributed by atoms with Crippen LogP contribution in [-0.2, 0) is 7.05 Å². The standard InChI is InChI=1S/C21H29N5O/c1-24-16-18(15-23-24)20-9-8-17(14-22-20)21(27)26-11-5-10-25(12-13-26)19-6-3-2-4-7-19/h8-9,14-16,19H,2-7,10-13H2,1H3. The van der Waals surface area contributed by atoms with Crippen LogP contribution in [0.4, 0.5) is 0 Å². The van der Waals surface area contributed by atoms with Gasteiger partial charge >= 0.3 is 0 Å². The van der Waals surface area contributed by atoms with Crippen molar-refractivity contribution in [2.24, 2.45) is 7.05 Å². The van der Waals surface area contributed by atoms with Crippen molar-refractivity contribution in [1.82, 2.24) is 24.6 Å². The smallest absolute Gasteiger partial charge is 0.255 e. The first-order valence-electron chi connectivity index (χ1n) is 10.2. The normalized spacial score (nSPS) is 19.8. The zero-order chi connectivity index (χ0) is 18.6. The first-order chi connectivity index (χ1) is 13.2. The topological polar surface area (TPSA) is 54.3 Å². The maximum atomic E-state index is 12.9. The summed E-state index contributed by atoms with van der Waals surface area (Å²) in [5.41, 5.74) is 2.49. The molecule has 0 atom stereocenters. The maximum Gasteiger partial charge on any atom is 0.255 e. The van der Waals surface area contributed by atoms with Crippen molar-refractivity contribution in [3.8, 4) is 11.3 Å². The SMILES string of the molecule is Cn1cc(-c2ccc(C(=O)N3CCCN(C4CCCCC4)CC3)cn2)cn1. The maximum absolute atomic E-state index is 12.9. The second-order valence-corrected chi connectivity index (χ2v) is 7.81. The lowest BCUT2D eigenvalue weighted by Gasteiger charge is -2.33. The highest BCUT2D eigenvalue weighted by molar-refractivity contribution is 5.94. The third kappa shape index (κ3) is 4.21. The molecule has 0 radical (unpaired) electrons. The fourth-order valence-electron chi connectivity index (χ4n) is 4.38. The third-order valence-corrected chi connectivity index (χ3v) is 5.92. The predicted octanol–water partition coefficient (Wildman–Crippen LogP) is 2.96. The van der Waals surface area contributed by atoms with E-state index in [9.17, 15) is 4.79 Å². The highest BCUT2D eigenvalue weighted by atomic mass is 16.2. The molecule has 1 saturated heterocycles. The molecule has 6 nitrogen and oxygen atoms in total. The molecule has 1 aliphatic carbocycles. The summed E-state index contributed by atoms with van der Waals surface area (Å²) >= 11 is 0. The second-order valence-electron chi connectivity index (χ2n) is 7.81. The lowest BCUT2D eigenvalue weighted by Crippen LogP contribution is -2.40. The lowest BCUT2D eigenvalue weighted by atomic mass is 9.94. The van der Waals surface area contributed by atoms with E-state index in [2.05, 4.69) is 15.0 Å². The number of amides is 1. The summed E-state index contributed by atoms with van der Waals surface area (Å²) < 4.78 is 1.76. The summed E-state index contributed by atoms with van der Waals surface area (Å²) in [7, 11) is 1.89. The van der Waals surface area contributed by atoms with E-state index in [4.69, 9.17) is 0 Å². The average Bonchev–Trinajstić information content (AvgIpc) is 3.00. The second kappa shape index (κ2) is 8.21. The van der Waals surface area contributed by atoms with Crippen molar-refractivity contribution in [2.75, 3.05) is 26.2 Å². The molecule has 2 aromatic rings. The molecule has 1 saturated carbocycles. The van der Waals surface area contributed by atoms with Gasteiger partial charge in [-0.2, -0.15) is 5.10 Å². The summed E-state index contributed by atoms with van der Waals surface area (Å²) in [5.74, 6) is 0.103. The van der Waals surface area contributed by atoms with E-state index >= 15 is 0 Å². The number of hydrogen-bond acceptors (Lipinski definition) is 4. The van der Waals surface area contributed by atoms with Crippen molar-refractivity contribution in [3.63, 3.8) is 0 Å². The monoisotopic (exact) mass is 367 g/mol. The number of aryl methyl sites for hydroxylation is 1. The largest absolute Gasteiger partial charge is 0.337 e. The molecule has 27 heavy (non-hydrogen) atoms. The molecular weight excluding hydrogens is 338 g/mol. The Kier molecular flexibility index (Phi) is 5.53. The van der Waals surface area contributed by atoms with Crippen LogP contribution in [0.2, 0.25) is 0 Å². The fraction of sp³-hybridized carbons (Fsp3) is 0.571. The van der Waals surface area contributed by atoms with Gasteiger partial charge < -0.3 is 4.90 Å². The number of carbonyl (C=O) groups is 1. The van der Waals surface area contributed by atoms with Crippen LogP contribution in [0.1, 0.15) is 48.9 Å². The van der Waals surface area contributed by atoms with E-state index in [1.807, 2.05) is 30.3 Å². The Morgan fingerprint density at radius 3 is 2.56 bits per heavy atom. The Labute approximate surface area is 161 Å². The van der Waals surface area contributed by atoms with E-state index in [1.165, 1.54) is 32.1 Å². The van der Waals surface area contributed by atoms with Crippen molar-refractivity contribution >= 4 is 5.91 Å². The van der Waals surface area contributed by atoms with Gasteiger partial charge in [0.15, 0.2) is 0 Å². The zero-order valence-corrected chi connectivity index (χ0v) is 16.2. The molecule has 2 fully saturated rings. The Hall–Kier alpha value is -2.21. The summed E-state index contributed by atoms with van der Waals surface area (Å²) in [5, 5.41) is 4.18. The molecule has 0 spiro atoms. The lowest BCUT2D eigenvalue weighted by molar-refractivity contribution is 0.0754. The third-order valence-electron chi connectivity index (χ3n) is 5.92. The average molecular weight is 367 g/mol. The highest BCUT2D eigenvalue weighted by Crippen LogP contribution is 2.24. The molecule has 0 aromatic carbocycles. The molecule has 1 aliphatic heterocycles. The molecule has 2 aromatic heterocycles. The van der Waals surface area contributed by atoms with Crippen molar-refractivity contribution in [3.05, 3.63) is 36.3 Å². The van der Waals surface area contributed by atoms with Crippen LogP contribution in [0.15, 0.2) is 30.7 Å². The van der Waals surface area contributed by atoms with Crippen LogP contribution >= 0.6 is 0 Å². The van der Waals surface area contributed by atoms with E-state index in [0.29, 0.717) is 5.56 Å². The minimum atomic E-state index is 0.103. The molecule has 3 heterocycles. The Bertz CT molecular complexity index is 763. The fourth-order valence-corrected chi connectivity index (χ4v) is 4.38. The molecule has 0 bridgehead atoms. The summed E-state index contributed by atoms with van der Waals surface area (Å²) in [4.78, 5) is 22.0. The van der Waals surface area contributed by atoms with Gasteiger partial charge in [-0.1, -0.05) is 19.3 Å². The molecule has 0 unspecified atom stereocenters. The van der Waals surface area contributed by atoms with Crippen LogP contribution in [0.3, 0.4) is 0 Å². The van der Waals surface area contributed by atoms with Gasteiger partial charge in [-0.3, -0.25) is 19.4 Å². The zero-order valence-electron chi connectivity index (χ0n) is 16.2. The van der Waals surface area contributed by atoms with E-state index in [0.717, 1.165) is 49.9 Å². The van der Waals surface area contributed by atoms with Crippen molar-refractivity contribution in [2.45, 2.75) is 44.6 Å². The highest BCUT2D eigenvalue weighted by Gasteiger charge is 2.25. The van der Waals surface area contributed by atoms with Crippen LogP contribution in [0.25, 0.3) is 11.3 Å². The first kappa shape index (κ1) is 18.2. The van der Waals surface area contributed by atoms with E-state index in [-0.39, 0.29) is 5.91 Å². The van der Waals surface area contributed by atoms with Gasteiger partial charge in [0, 0.05) is 57.2 Å². The number of nitrogens with zero attached hydrogens (tertiary/aromatic N) is 5. The number of rotatable bonds is 3. The Balaban J connectivity index is 1.39. The van der Waals surface area contributed by atoms with Gasteiger partial charge in [0.2, 0.25) is 0 Å². The number of hydrogen-bond donors (Lipinski definition) is 0. The van der Waals surface area contributed by atoms with Crippen LogP contribution < -0.4 is 0 Å². The van der Waals surface area contributed by atoms with Gasteiger partial charge in [0.1, 0.15) is 0 Å². The van der Waals surface area contributed by atoms with Crippen LogP contribution in [0, 0.1) is 0 Å². The van der Waals surface area contributed by atoms with E-state index in [1.54, 1.807) is 17.1 Å². The van der Waals surface area contributed by atoms with Gasteiger partial charge in [0.25, 0.3) is 5.91 Å². The van der Waals surface area contributed by atoms with Crippen LogP contribution in [-0.4, -0.2) is 62.7 Å². The quantitative estimate of drug-likeness (QED) is 0.837. The van der Waals surface area contributed by atoms with Gasteiger partial charge in [0.05, 0.1) is 17.5 Å². The van der Waals surface area contributed by atoms with Crippen LogP contribution in [0.5, 0.6) is 0 Å². The molecule has 1 amide bonds. The summed E-state index contributed by atoms with van der Waals surface area (Å²) in [6.07, 6.45) is 13.2. The number of pyridine rings is 1. The molecule has 144 valence electrons. The van der Waals surface area contributed by atoms with Crippen molar-refractivity contribution in [1.29, 1.82) is 0 Å². The predicted molar refractivity (Wildman–Crippen MR) is 105 cm³/mol. The van der Waals surface area contributed by atoms with E-state index < -0.39 is 0 Å². The van der Waals surface area contributed by atoms with Gasteiger partial charge in [-0.05, 0) is 31.4 Å². The number of carbonyl (C=O) groups excluding carboxylic acids is 1. The molecular formula is C21H29N5O. The van der Waals surface area contributed by atoms with Gasteiger partial charge in [-0.15, -0.1) is 0 Å². The molecule has 0 N–H and O–H groups in total. The molecule has 6 heteroatoms. The minimum absolute atomic E-state index is 0.103. The summed E-state index contributed by atoms with van der Waals surface area (Å²) in [6, 6.07) is 4.53. The van der Waals surface area contributed by atoms with Gasteiger partial charge in [-0.25, -0.2) is 0 Å². The Morgan fingerprint density at radius 1 is 1.00 bits per heavy atom. The number of aromatic nitrogens is 3.